The summed E-state index contributed by atoms with van der Waals surface area (Å²) in [6.45, 7) is 8.74. The molecule has 1 aromatic rings. The van der Waals surface area contributed by atoms with E-state index < -0.39 is 18.9 Å². The maximum Gasteiger partial charge on any atom is 0.455 e. The van der Waals surface area contributed by atoms with E-state index in [4.69, 9.17) is 4.65 Å². The van der Waals surface area contributed by atoms with Crippen LogP contribution in [-0.4, -0.2) is 46.6 Å². The minimum absolute atomic E-state index is 0.0686. The molecule has 1 aliphatic carbocycles. The summed E-state index contributed by atoms with van der Waals surface area (Å²) in [5.74, 6) is -1.97. The molecule has 0 bridgehead atoms. The van der Waals surface area contributed by atoms with E-state index in [9.17, 15) is 24.1 Å². The van der Waals surface area contributed by atoms with Gasteiger partial charge in [0.25, 0.3) is 0 Å². The maximum absolute atomic E-state index is 13.9. The largest absolute Gasteiger partial charge is 0.505 e. The molecule has 0 unspecified atom stereocenters. The molecule has 0 saturated carbocycles. The van der Waals surface area contributed by atoms with Crippen molar-refractivity contribution in [3.63, 3.8) is 0 Å². The normalized spacial score (nSPS) is 26.3. The predicted molar refractivity (Wildman–Crippen MR) is 142 cm³/mol. The van der Waals surface area contributed by atoms with E-state index in [1.807, 2.05) is 13.0 Å². The van der Waals surface area contributed by atoms with Crippen LogP contribution >= 0.6 is 0 Å². The van der Waals surface area contributed by atoms with Gasteiger partial charge in [-0.15, -0.1) is 0 Å². The van der Waals surface area contributed by atoms with Gasteiger partial charge in [-0.05, 0) is 73.5 Å². The van der Waals surface area contributed by atoms with Crippen LogP contribution in [-0.2, 0) is 14.2 Å². The van der Waals surface area contributed by atoms with Gasteiger partial charge < -0.3 is 14.8 Å². The highest BCUT2D eigenvalue weighted by Gasteiger charge is 2.57. The van der Waals surface area contributed by atoms with Crippen molar-refractivity contribution in [1.82, 2.24) is 4.90 Å². The second kappa shape index (κ2) is 11.5. The molecule has 1 aromatic carbocycles. The number of amides is 2. The second-order valence-electron chi connectivity index (χ2n) is 11.0. The van der Waals surface area contributed by atoms with Crippen LogP contribution in [0, 0.1) is 29.5 Å². The van der Waals surface area contributed by atoms with Crippen LogP contribution in [0.5, 0.6) is 5.75 Å². The van der Waals surface area contributed by atoms with Crippen molar-refractivity contribution >= 4 is 25.0 Å². The molecule has 4 rings (SSSR count). The summed E-state index contributed by atoms with van der Waals surface area (Å²) in [6.07, 6.45) is 6.32. The number of fused-ring (bicyclic) bond motifs is 3. The van der Waals surface area contributed by atoms with Gasteiger partial charge >= 0.3 is 7.12 Å². The maximum atomic E-state index is 13.9. The minimum Gasteiger partial charge on any atom is -0.505 e. The van der Waals surface area contributed by atoms with Crippen molar-refractivity contribution in [2.24, 2.45) is 23.7 Å². The standard InChI is InChI=1S/C29H39BFNO5/c1-5-7-18(13-19-8-10-24(33)23(31)14-19)9-11-25-26-20(17(3)4)15-21-27(22(26)16-30(36)37-25)29(35)32(12-6-2)28(21)34/h8,10,13-14,17,21-22,25,27,33,36H,5-7,9,11-12,15-16H2,1-4H3/b18-13+/t21-,22+,25-,27-/m1/s1. The number of aromatic hydroxyl groups is 1. The fourth-order valence-electron chi connectivity index (χ4n) is 6.51. The number of benzene rings is 1. The number of allylic oxidation sites excluding steroid dienone is 2. The van der Waals surface area contributed by atoms with E-state index >= 15 is 0 Å². The third-order valence-corrected chi connectivity index (χ3v) is 8.12. The molecule has 37 heavy (non-hydrogen) atoms. The first-order valence-corrected chi connectivity index (χ1v) is 13.8. The van der Waals surface area contributed by atoms with Crippen molar-refractivity contribution in [3.05, 3.63) is 46.3 Å². The molecule has 0 aromatic heterocycles. The van der Waals surface area contributed by atoms with E-state index in [0.29, 0.717) is 37.7 Å². The summed E-state index contributed by atoms with van der Waals surface area (Å²) in [4.78, 5) is 28.0. The Balaban J connectivity index is 1.63. The van der Waals surface area contributed by atoms with Gasteiger partial charge in [0, 0.05) is 6.54 Å². The van der Waals surface area contributed by atoms with Crippen LogP contribution in [0.4, 0.5) is 4.39 Å². The van der Waals surface area contributed by atoms with Crippen molar-refractivity contribution in [2.45, 2.75) is 78.6 Å². The zero-order valence-electron chi connectivity index (χ0n) is 22.4. The van der Waals surface area contributed by atoms with Crippen molar-refractivity contribution in [3.8, 4) is 5.75 Å². The number of imide groups is 1. The first kappa shape index (κ1) is 27.6. The Kier molecular flexibility index (Phi) is 8.59. The van der Waals surface area contributed by atoms with Gasteiger partial charge in [-0.1, -0.05) is 57.4 Å². The summed E-state index contributed by atoms with van der Waals surface area (Å²) in [5.41, 5.74) is 4.11. The lowest BCUT2D eigenvalue weighted by Gasteiger charge is -2.44. The van der Waals surface area contributed by atoms with Gasteiger partial charge in [-0.2, -0.15) is 0 Å². The average molecular weight is 511 g/mol. The van der Waals surface area contributed by atoms with Crippen molar-refractivity contribution in [2.75, 3.05) is 6.54 Å². The van der Waals surface area contributed by atoms with E-state index in [2.05, 4.69) is 20.8 Å². The van der Waals surface area contributed by atoms with Crippen LogP contribution < -0.4 is 0 Å². The first-order valence-electron chi connectivity index (χ1n) is 13.8. The number of carbonyl (C=O) groups is 2. The lowest BCUT2D eigenvalue weighted by atomic mass is 9.57. The Morgan fingerprint density at radius 1 is 1.19 bits per heavy atom. The van der Waals surface area contributed by atoms with Gasteiger partial charge in [0.2, 0.25) is 11.8 Å². The highest BCUT2D eigenvalue weighted by Crippen LogP contribution is 2.52. The van der Waals surface area contributed by atoms with Gasteiger partial charge in [0.1, 0.15) is 0 Å². The number of halogens is 1. The number of phenols is 1. The molecule has 2 heterocycles. The molecular formula is C29H39BFNO5. The highest BCUT2D eigenvalue weighted by atomic mass is 19.1. The molecule has 2 fully saturated rings. The van der Waals surface area contributed by atoms with E-state index in [-0.39, 0.29) is 41.4 Å². The Bertz CT molecular complexity index is 1100. The summed E-state index contributed by atoms with van der Waals surface area (Å²) in [6, 6.07) is 4.37. The Hall–Kier alpha value is -2.45. The van der Waals surface area contributed by atoms with Gasteiger partial charge in [0.15, 0.2) is 11.6 Å². The molecule has 2 amide bonds. The molecular weight excluding hydrogens is 472 g/mol. The molecule has 2 saturated heterocycles. The number of phenolic OH excluding ortho intramolecular Hbond substituents is 1. The van der Waals surface area contributed by atoms with Crippen LogP contribution in [0.2, 0.25) is 6.32 Å². The third-order valence-electron chi connectivity index (χ3n) is 8.12. The molecule has 0 spiro atoms. The predicted octanol–water partition coefficient (Wildman–Crippen LogP) is 5.36. The lowest BCUT2D eigenvalue weighted by molar-refractivity contribution is -0.140. The summed E-state index contributed by atoms with van der Waals surface area (Å²) in [5, 5.41) is 20.2. The SMILES string of the molecule is CCC/C(=C\c1ccc(O)c(F)c1)CC[C@H]1OB(O)C[C@H]2C1=C(C(C)C)C[C@H]1C(=O)N(CCC)C(=O)[C@H]12. The molecule has 2 aliphatic heterocycles. The summed E-state index contributed by atoms with van der Waals surface area (Å²) in [7, 11) is -0.987. The number of likely N-dealkylation sites (tertiary alicyclic amines) is 1. The molecule has 8 heteroatoms. The van der Waals surface area contributed by atoms with Crippen LogP contribution in [0.1, 0.15) is 71.8 Å². The summed E-state index contributed by atoms with van der Waals surface area (Å²) >= 11 is 0. The number of hydrogen-bond acceptors (Lipinski definition) is 5. The van der Waals surface area contributed by atoms with Crippen LogP contribution in [0.3, 0.4) is 0 Å². The van der Waals surface area contributed by atoms with E-state index in [0.717, 1.165) is 30.4 Å². The Morgan fingerprint density at radius 2 is 1.95 bits per heavy atom. The average Bonchev–Trinajstić information content (AvgIpc) is 3.09. The first-order chi connectivity index (χ1) is 17.7. The molecule has 0 radical (unpaired) electrons. The number of hydrogen-bond donors (Lipinski definition) is 2. The fourth-order valence-corrected chi connectivity index (χ4v) is 6.51. The molecule has 4 atom stereocenters. The fraction of sp³-hybridized carbons (Fsp3) is 0.586. The zero-order chi connectivity index (χ0) is 26.9. The van der Waals surface area contributed by atoms with Crippen molar-refractivity contribution < 1.29 is 28.8 Å². The Labute approximate surface area is 219 Å². The van der Waals surface area contributed by atoms with Crippen LogP contribution in [0.15, 0.2) is 34.9 Å². The molecule has 200 valence electrons. The van der Waals surface area contributed by atoms with E-state index in [1.165, 1.54) is 22.6 Å². The molecule has 6 nitrogen and oxygen atoms in total. The molecule has 2 N–H and O–H groups in total. The van der Waals surface area contributed by atoms with Gasteiger partial charge in [-0.25, -0.2) is 4.39 Å². The second-order valence-corrected chi connectivity index (χ2v) is 11.0. The smallest absolute Gasteiger partial charge is 0.455 e. The molecule has 3 aliphatic rings. The number of rotatable bonds is 9. The van der Waals surface area contributed by atoms with Crippen molar-refractivity contribution in [1.29, 1.82) is 0 Å². The minimum atomic E-state index is -0.987. The third kappa shape index (κ3) is 5.55. The quantitative estimate of drug-likeness (QED) is 0.265. The van der Waals surface area contributed by atoms with Gasteiger partial charge in [0.05, 0.1) is 17.9 Å². The van der Waals surface area contributed by atoms with Gasteiger partial charge in [-0.3, -0.25) is 14.5 Å². The van der Waals surface area contributed by atoms with E-state index in [1.54, 1.807) is 6.07 Å². The highest BCUT2D eigenvalue weighted by molar-refractivity contribution is 6.43. The monoisotopic (exact) mass is 511 g/mol. The Morgan fingerprint density at radius 3 is 2.59 bits per heavy atom. The summed E-state index contributed by atoms with van der Waals surface area (Å²) < 4.78 is 20.0. The topological polar surface area (TPSA) is 87.1 Å². The van der Waals surface area contributed by atoms with Crippen LogP contribution in [0.25, 0.3) is 6.08 Å². The lowest BCUT2D eigenvalue weighted by Crippen LogP contribution is -2.46. The zero-order valence-corrected chi connectivity index (χ0v) is 22.4. The number of carbonyl (C=O) groups excluding carboxylic acids is 2. The number of nitrogens with zero attached hydrogens (tertiary/aromatic N) is 1.